The highest BCUT2D eigenvalue weighted by Gasteiger charge is 2.28. The molecule has 0 spiro atoms. The minimum Gasteiger partial charge on any atom is -0.328 e. The molecule has 3 N–H and O–H groups in total. The zero-order valence-electron chi connectivity index (χ0n) is 11.5. The highest BCUT2D eigenvalue weighted by molar-refractivity contribution is 6.33. The summed E-state index contributed by atoms with van der Waals surface area (Å²) in [5.41, 5.74) is 7.22. The van der Waals surface area contributed by atoms with Crippen LogP contribution in [0.25, 0.3) is 5.69 Å². The van der Waals surface area contributed by atoms with Crippen molar-refractivity contribution in [1.82, 2.24) is 9.78 Å². The van der Waals surface area contributed by atoms with Crippen molar-refractivity contribution in [3.63, 3.8) is 0 Å². The number of hydrogen-bond donors (Lipinski definition) is 2. The van der Waals surface area contributed by atoms with Crippen molar-refractivity contribution in [2.45, 2.75) is 25.3 Å². The van der Waals surface area contributed by atoms with Gasteiger partial charge in [0.15, 0.2) is 0 Å². The van der Waals surface area contributed by atoms with E-state index >= 15 is 0 Å². The SMILES string of the molecule is NC1CCC(C(=O)Nc2cccc(Cl)c2-n2cccn2)C1. The number of anilines is 1. The average molecular weight is 305 g/mol. The van der Waals surface area contributed by atoms with Crippen molar-refractivity contribution in [3.8, 4) is 5.69 Å². The van der Waals surface area contributed by atoms with E-state index in [1.54, 1.807) is 23.1 Å². The second-order valence-corrected chi connectivity index (χ2v) is 5.75. The fraction of sp³-hybridized carbons (Fsp3) is 0.333. The van der Waals surface area contributed by atoms with E-state index in [4.69, 9.17) is 17.3 Å². The summed E-state index contributed by atoms with van der Waals surface area (Å²) in [6, 6.07) is 7.36. The predicted octanol–water partition coefficient (Wildman–Crippen LogP) is 2.59. The second kappa shape index (κ2) is 5.87. The predicted molar refractivity (Wildman–Crippen MR) is 82.5 cm³/mol. The van der Waals surface area contributed by atoms with Gasteiger partial charge in [-0.15, -0.1) is 0 Å². The molecule has 1 heterocycles. The molecule has 1 aromatic heterocycles. The Morgan fingerprint density at radius 1 is 1.38 bits per heavy atom. The number of halogens is 1. The molecule has 1 amide bonds. The van der Waals surface area contributed by atoms with Crippen molar-refractivity contribution < 1.29 is 4.79 Å². The lowest BCUT2D eigenvalue weighted by Crippen LogP contribution is -2.23. The normalized spacial score (nSPS) is 21.4. The molecule has 1 aliphatic carbocycles. The molecule has 6 heteroatoms. The van der Waals surface area contributed by atoms with Crippen molar-refractivity contribution >= 4 is 23.2 Å². The van der Waals surface area contributed by atoms with Crippen molar-refractivity contribution in [3.05, 3.63) is 41.7 Å². The van der Waals surface area contributed by atoms with Gasteiger partial charge in [-0.3, -0.25) is 4.79 Å². The van der Waals surface area contributed by atoms with Crippen LogP contribution in [-0.4, -0.2) is 21.7 Å². The molecule has 21 heavy (non-hydrogen) atoms. The van der Waals surface area contributed by atoms with Gasteiger partial charge in [0.05, 0.1) is 10.7 Å². The van der Waals surface area contributed by atoms with Gasteiger partial charge in [0.2, 0.25) is 5.91 Å². The topological polar surface area (TPSA) is 72.9 Å². The molecule has 3 rings (SSSR count). The molecule has 2 aromatic rings. The Morgan fingerprint density at radius 2 is 2.24 bits per heavy atom. The van der Waals surface area contributed by atoms with Crippen LogP contribution in [0.3, 0.4) is 0 Å². The van der Waals surface area contributed by atoms with Crippen LogP contribution in [0.1, 0.15) is 19.3 Å². The summed E-state index contributed by atoms with van der Waals surface area (Å²) >= 11 is 6.25. The summed E-state index contributed by atoms with van der Waals surface area (Å²) in [4.78, 5) is 12.4. The lowest BCUT2D eigenvalue weighted by molar-refractivity contribution is -0.119. The Balaban J connectivity index is 1.86. The summed E-state index contributed by atoms with van der Waals surface area (Å²) in [5, 5.41) is 7.69. The fourth-order valence-corrected chi connectivity index (χ4v) is 3.00. The van der Waals surface area contributed by atoms with Crippen molar-refractivity contribution in [2.75, 3.05) is 5.32 Å². The van der Waals surface area contributed by atoms with Crippen LogP contribution in [0, 0.1) is 5.92 Å². The van der Waals surface area contributed by atoms with E-state index in [9.17, 15) is 4.79 Å². The first-order valence-electron chi connectivity index (χ1n) is 7.00. The number of aromatic nitrogens is 2. The van der Waals surface area contributed by atoms with Gasteiger partial charge in [-0.1, -0.05) is 17.7 Å². The Hall–Kier alpha value is -1.85. The van der Waals surface area contributed by atoms with Crippen LogP contribution in [0.4, 0.5) is 5.69 Å². The second-order valence-electron chi connectivity index (χ2n) is 5.35. The highest BCUT2D eigenvalue weighted by atomic mass is 35.5. The summed E-state index contributed by atoms with van der Waals surface area (Å²) < 4.78 is 1.65. The average Bonchev–Trinajstić information content (AvgIpc) is 3.10. The zero-order chi connectivity index (χ0) is 14.8. The molecule has 2 atom stereocenters. The maximum atomic E-state index is 12.4. The Morgan fingerprint density at radius 3 is 2.90 bits per heavy atom. The smallest absolute Gasteiger partial charge is 0.227 e. The van der Waals surface area contributed by atoms with E-state index in [1.807, 2.05) is 18.2 Å². The number of carbonyl (C=O) groups is 1. The molecular formula is C15H17ClN4O. The van der Waals surface area contributed by atoms with Crippen LogP contribution in [0.2, 0.25) is 5.02 Å². The van der Waals surface area contributed by atoms with Crippen LogP contribution in [0.15, 0.2) is 36.7 Å². The molecule has 0 aliphatic heterocycles. The standard InChI is InChI=1S/C15H17ClN4O/c16-12-3-1-4-13(14(12)20-8-2-7-18-20)19-15(21)10-5-6-11(17)9-10/h1-4,7-8,10-11H,5-6,9,17H2,(H,19,21). The van der Waals surface area contributed by atoms with Gasteiger partial charge >= 0.3 is 0 Å². The lowest BCUT2D eigenvalue weighted by Gasteiger charge is -2.15. The Kier molecular flexibility index (Phi) is 3.94. The summed E-state index contributed by atoms with van der Waals surface area (Å²) in [7, 11) is 0. The Labute approximate surface area is 128 Å². The van der Waals surface area contributed by atoms with Gasteiger partial charge < -0.3 is 11.1 Å². The molecule has 5 nitrogen and oxygen atoms in total. The number of rotatable bonds is 3. The first-order valence-corrected chi connectivity index (χ1v) is 7.38. The van der Waals surface area contributed by atoms with Crippen LogP contribution in [0.5, 0.6) is 0 Å². The molecular weight excluding hydrogens is 288 g/mol. The van der Waals surface area contributed by atoms with E-state index in [2.05, 4.69) is 10.4 Å². The van der Waals surface area contributed by atoms with E-state index < -0.39 is 0 Å². The zero-order valence-corrected chi connectivity index (χ0v) is 12.3. The fourth-order valence-electron chi connectivity index (χ4n) is 2.74. The van der Waals surface area contributed by atoms with E-state index in [0.29, 0.717) is 16.4 Å². The molecule has 0 saturated heterocycles. The van der Waals surface area contributed by atoms with Gasteiger partial charge in [-0.05, 0) is 37.5 Å². The van der Waals surface area contributed by atoms with Gasteiger partial charge in [-0.2, -0.15) is 5.10 Å². The largest absolute Gasteiger partial charge is 0.328 e. The number of benzene rings is 1. The van der Waals surface area contributed by atoms with Crippen LogP contribution >= 0.6 is 11.6 Å². The number of para-hydroxylation sites is 1. The first kappa shape index (κ1) is 14.1. The van der Waals surface area contributed by atoms with Crippen LogP contribution in [-0.2, 0) is 4.79 Å². The highest BCUT2D eigenvalue weighted by Crippen LogP contribution is 2.30. The minimum absolute atomic E-state index is 0.00128. The van der Waals surface area contributed by atoms with Gasteiger partial charge in [0, 0.05) is 24.4 Å². The molecule has 1 aromatic carbocycles. The molecule has 1 saturated carbocycles. The number of carbonyl (C=O) groups excluding carboxylic acids is 1. The van der Waals surface area contributed by atoms with E-state index in [1.165, 1.54) is 0 Å². The number of nitrogens with two attached hydrogens (primary N) is 1. The third-order valence-electron chi connectivity index (χ3n) is 3.82. The first-order chi connectivity index (χ1) is 10.1. The summed E-state index contributed by atoms with van der Waals surface area (Å²) in [5.74, 6) is -0.0249. The number of hydrogen-bond acceptors (Lipinski definition) is 3. The molecule has 2 unspecified atom stereocenters. The summed E-state index contributed by atoms with van der Waals surface area (Å²) in [6.07, 6.45) is 5.95. The monoisotopic (exact) mass is 304 g/mol. The molecule has 1 fully saturated rings. The maximum Gasteiger partial charge on any atom is 0.227 e. The van der Waals surface area contributed by atoms with Gasteiger partial charge in [0.1, 0.15) is 5.69 Å². The number of amides is 1. The lowest BCUT2D eigenvalue weighted by atomic mass is 10.1. The van der Waals surface area contributed by atoms with Gasteiger partial charge in [-0.25, -0.2) is 4.68 Å². The Bertz CT molecular complexity index is 641. The third kappa shape index (κ3) is 2.94. The molecule has 0 radical (unpaired) electrons. The molecule has 1 aliphatic rings. The third-order valence-corrected chi connectivity index (χ3v) is 4.13. The maximum absolute atomic E-state index is 12.4. The minimum atomic E-state index is -0.0237. The number of nitrogens with one attached hydrogen (secondary N) is 1. The van der Waals surface area contributed by atoms with Crippen molar-refractivity contribution in [1.29, 1.82) is 0 Å². The molecule has 0 bridgehead atoms. The van der Waals surface area contributed by atoms with E-state index in [-0.39, 0.29) is 17.9 Å². The van der Waals surface area contributed by atoms with Crippen molar-refractivity contribution in [2.24, 2.45) is 11.7 Å². The molecule has 110 valence electrons. The van der Waals surface area contributed by atoms with E-state index in [0.717, 1.165) is 19.3 Å². The number of nitrogens with zero attached hydrogens (tertiary/aromatic N) is 2. The quantitative estimate of drug-likeness (QED) is 0.915. The van der Waals surface area contributed by atoms with Crippen LogP contribution < -0.4 is 11.1 Å². The van der Waals surface area contributed by atoms with Gasteiger partial charge in [0.25, 0.3) is 0 Å². The summed E-state index contributed by atoms with van der Waals surface area (Å²) in [6.45, 7) is 0.